The van der Waals surface area contributed by atoms with E-state index >= 15 is 0 Å². The minimum absolute atomic E-state index is 0.244. The fraction of sp³-hybridized carbons (Fsp3) is 0.379. The highest BCUT2D eigenvalue weighted by Gasteiger charge is 2.26. The number of carbonyl (C=O) groups excluding carboxylic acids is 1. The number of ether oxygens (including phenoxy) is 1. The molecule has 1 aromatic carbocycles. The van der Waals surface area contributed by atoms with E-state index < -0.39 is 0 Å². The van der Waals surface area contributed by atoms with Crippen molar-refractivity contribution in [3.63, 3.8) is 0 Å². The van der Waals surface area contributed by atoms with Gasteiger partial charge in [0, 0.05) is 36.3 Å². The van der Waals surface area contributed by atoms with Gasteiger partial charge in [-0.15, -0.1) is 11.3 Å². The number of nitrogens with zero attached hydrogens (tertiary/aromatic N) is 5. The molecule has 10 heteroatoms. The summed E-state index contributed by atoms with van der Waals surface area (Å²) < 4.78 is 5.86. The number of halogens is 1. The van der Waals surface area contributed by atoms with Crippen LogP contribution < -0.4 is 10.1 Å². The van der Waals surface area contributed by atoms with Crippen LogP contribution in [0.15, 0.2) is 48.9 Å². The summed E-state index contributed by atoms with van der Waals surface area (Å²) in [5.41, 5.74) is 2.89. The van der Waals surface area contributed by atoms with Crippen LogP contribution in [0.1, 0.15) is 41.8 Å². The zero-order chi connectivity index (χ0) is 26.6. The first kappa shape index (κ1) is 26.0. The summed E-state index contributed by atoms with van der Waals surface area (Å²) >= 11 is 8.19. The van der Waals surface area contributed by atoms with E-state index in [2.05, 4.69) is 25.2 Å². The monoisotopic (exact) mass is 562 g/mol. The quantitative estimate of drug-likeness (QED) is 0.289. The average molecular weight is 563 g/mol. The average Bonchev–Trinajstić information content (AvgIpc) is 3.35. The zero-order valence-electron chi connectivity index (χ0n) is 21.7. The Morgan fingerprint density at radius 1 is 1.08 bits per heavy atom. The topological polar surface area (TPSA) is 83.5 Å². The summed E-state index contributed by atoms with van der Waals surface area (Å²) in [6.07, 6.45) is 8.52. The van der Waals surface area contributed by atoms with E-state index in [-0.39, 0.29) is 5.91 Å². The minimum Gasteiger partial charge on any atom is -0.486 e. The number of aromatic nitrogens is 3. The molecule has 2 aliphatic rings. The van der Waals surface area contributed by atoms with E-state index in [9.17, 15) is 4.79 Å². The molecule has 1 N–H and O–H groups in total. The summed E-state index contributed by atoms with van der Waals surface area (Å²) in [7, 11) is 0. The maximum atomic E-state index is 13.0. The first-order chi connectivity index (χ1) is 19.1. The van der Waals surface area contributed by atoms with Gasteiger partial charge in [0.2, 0.25) is 5.91 Å². The van der Waals surface area contributed by atoms with E-state index in [1.54, 1.807) is 23.9 Å². The van der Waals surface area contributed by atoms with Crippen LogP contribution in [0.5, 0.6) is 5.75 Å². The highest BCUT2D eigenvalue weighted by Crippen LogP contribution is 2.39. The predicted molar refractivity (Wildman–Crippen MR) is 155 cm³/mol. The number of amides is 1. The SMILES string of the molecule is O=C(CCN1CCCCC1)N1CCc2c(sc3ncnc(Nc4ccc(OCc5ccccn5)c(Cl)c4)c23)C1. The van der Waals surface area contributed by atoms with Crippen LogP contribution >= 0.6 is 22.9 Å². The second kappa shape index (κ2) is 11.9. The highest BCUT2D eigenvalue weighted by molar-refractivity contribution is 7.19. The number of likely N-dealkylation sites (tertiary alicyclic amines) is 1. The van der Waals surface area contributed by atoms with Crippen molar-refractivity contribution >= 4 is 50.6 Å². The number of fused-ring (bicyclic) bond motifs is 3. The Hall–Kier alpha value is -3.27. The Balaban J connectivity index is 1.13. The summed E-state index contributed by atoms with van der Waals surface area (Å²) in [6.45, 7) is 4.81. The molecule has 4 aromatic rings. The maximum Gasteiger partial charge on any atom is 0.224 e. The van der Waals surface area contributed by atoms with Crippen molar-refractivity contribution in [2.75, 3.05) is 31.5 Å². The van der Waals surface area contributed by atoms with Crippen LogP contribution in [0.3, 0.4) is 0 Å². The number of carbonyl (C=O) groups is 1. The Bertz CT molecular complexity index is 1460. The third kappa shape index (κ3) is 6.00. The molecule has 0 aliphatic carbocycles. The standard InChI is InChI=1S/C29H31ClN6O2S/c30-23-16-20(7-8-24(23)38-18-21-6-2-3-11-31-21)34-28-27-22-9-15-36(17-25(22)39-29(27)33-19-32-28)26(37)10-14-35-12-4-1-5-13-35/h2-3,6-8,11,16,19H,1,4-5,9-10,12-15,17-18H2,(H,32,33,34). The summed E-state index contributed by atoms with van der Waals surface area (Å²) in [4.78, 5) is 32.9. The van der Waals surface area contributed by atoms with Gasteiger partial charge in [0.25, 0.3) is 0 Å². The smallest absolute Gasteiger partial charge is 0.224 e. The van der Waals surface area contributed by atoms with Gasteiger partial charge in [0.15, 0.2) is 0 Å². The van der Waals surface area contributed by atoms with Crippen molar-refractivity contribution < 1.29 is 9.53 Å². The van der Waals surface area contributed by atoms with Gasteiger partial charge in [-0.1, -0.05) is 24.1 Å². The van der Waals surface area contributed by atoms with Crippen LogP contribution in [-0.2, 0) is 24.4 Å². The summed E-state index contributed by atoms with van der Waals surface area (Å²) in [6, 6.07) is 11.3. The number of hydrogen-bond donors (Lipinski definition) is 1. The molecule has 0 bridgehead atoms. The number of anilines is 2. The van der Waals surface area contributed by atoms with Gasteiger partial charge >= 0.3 is 0 Å². The van der Waals surface area contributed by atoms with Crippen molar-refractivity contribution in [1.82, 2.24) is 24.8 Å². The number of hydrogen-bond acceptors (Lipinski definition) is 8. The van der Waals surface area contributed by atoms with Crippen molar-refractivity contribution in [3.05, 3.63) is 70.1 Å². The molecule has 8 nitrogen and oxygen atoms in total. The number of pyridine rings is 1. The highest BCUT2D eigenvalue weighted by atomic mass is 35.5. The second-order valence-corrected chi connectivity index (χ2v) is 11.5. The predicted octanol–water partition coefficient (Wildman–Crippen LogP) is 5.82. The van der Waals surface area contributed by atoms with Crippen molar-refractivity contribution in [2.24, 2.45) is 0 Å². The number of nitrogens with one attached hydrogen (secondary N) is 1. The Morgan fingerprint density at radius 3 is 2.79 bits per heavy atom. The lowest BCUT2D eigenvalue weighted by Gasteiger charge is -2.30. The van der Waals surface area contributed by atoms with E-state index in [1.807, 2.05) is 41.3 Å². The molecule has 1 saturated heterocycles. The molecule has 2 aliphatic heterocycles. The minimum atomic E-state index is 0.244. The number of rotatable bonds is 8. The maximum absolute atomic E-state index is 13.0. The van der Waals surface area contributed by atoms with Crippen molar-refractivity contribution in [2.45, 2.75) is 45.3 Å². The molecule has 1 amide bonds. The molecule has 202 valence electrons. The molecule has 0 unspecified atom stereocenters. The van der Waals surface area contributed by atoms with Crippen LogP contribution in [0.25, 0.3) is 10.2 Å². The number of benzene rings is 1. The van der Waals surface area contributed by atoms with E-state index in [0.29, 0.717) is 30.3 Å². The number of thiophene rings is 1. The molecule has 6 rings (SSSR count). The van der Waals surface area contributed by atoms with Crippen molar-refractivity contribution in [1.29, 1.82) is 0 Å². The third-order valence-corrected chi connectivity index (χ3v) is 8.80. The first-order valence-electron chi connectivity index (χ1n) is 13.5. The van der Waals surface area contributed by atoms with Crippen molar-refractivity contribution in [3.8, 4) is 5.75 Å². The van der Waals surface area contributed by atoms with E-state index in [0.717, 1.165) is 60.0 Å². The lowest BCUT2D eigenvalue weighted by molar-refractivity contribution is -0.132. The van der Waals surface area contributed by atoms with E-state index in [4.69, 9.17) is 16.3 Å². The lowest BCUT2D eigenvalue weighted by atomic mass is 10.0. The van der Waals surface area contributed by atoms with E-state index in [1.165, 1.54) is 29.7 Å². The van der Waals surface area contributed by atoms with Gasteiger partial charge in [0.05, 0.1) is 22.6 Å². The Morgan fingerprint density at radius 2 is 1.97 bits per heavy atom. The van der Waals surface area contributed by atoms with Crippen LogP contribution in [-0.4, -0.2) is 56.8 Å². The molecule has 0 radical (unpaired) electrons. The Labute approximate surface area is 237 Å². The third-order valence-electron chi connectivity index (χ3n) is 7.38. The Kier molecular flexibility index (Phi) is 7.90. The lowest BCUT2D eigenvalue weighted by Crippen LogP contribution is -2.38. The summed E-state index contributed by atoms with van der Waals surface area (Å²) in [5.74, 6) is 1.59. The largest absolute Gasteiger partial charge is 0.486 e. The first-order valence-corrected chi connectivity index (χ1v) is 14.7. The van der Waals surface area contributed by atoms with Gasteiger partial charge in [0.1, 0.15) is 29.3 Å². The second-order valence-electron chi connectivity index (χ2n) is 10.0. The number of piperidine rings is 1. The molecule has 0 spiro atoms. The van der Waals surface area contributed by atoms with Crippen LogP contribution in [0.4, 0.5) is 11.5 Å². The summed E-state index contributed by atoms with van der Waals surface area (Å²) in [5, 5.41) is 4.97. The van der Waals surface area contributed by atoms with Crippen LogP contribution in [0.2, 0.25) is 5.02 Å². The molecule has 3 aromatic heterocycles. The van der Waals surface area contributed by atoms with Gasteiger partial charge in [-0.3, -0.25) is 9.78 Å². The van der Waals surface area contributed by atoms with Crippen LogP contribution in [0, 0.1) is 0 Å². The molecule has 1 fully saturated rings. The molecule has 0 atom stereocenters. The molecule has 39 heavy (non-hydrogen) atoms. The van der Waals surface area contributed by atoms with Gasteiger partial charge in [-0.05, 0) is 68.2 Å². The fourth-order valence-electron chi connectivity index (χ4n) is 5.30. The normalized spacial score (nSPS) is 15.8. The molecule has 0 saturated carbocycles. The molecular weight excluding hydrogens is 532 g/mol. The van der Waals surface area contributed by atoms with Gasteiger partial charge in [-0.2, -0.15) is 0 Å². The molecule has 5 heterocycles. The van der Waals surface area contributed by atoms with Gasteiger partial charge in [-0.25, -0.2) is 9.97 Å². The molecular formula is C29H31ClN6O2S. The zero-order valence-corrected chi connectivity index (χ0v) is 23.3. The fourth-order valence-corrected chi connectivity index (χ4v) is 6.74. The van der Waals surface area contributed by atoms with Gasteiger partial charge < -0.3 is 19.9 Å².